The fourth-order valence-electron chi connectivity index (χ4n) is 2.03. The van der Waals surface area contributed by atoms with Gasteiger partial charge in [0.25, 0.3) is 11.6 Å². The molecule has 2 aromatic carbocycles. The maximum absolute atomic E-state index is 13.4. The lowest BCUT2D eigenvalue weighted by Crippen LogP contribution is -2.28. The molecule has 0 aliphatic rings. The number of nitro groups is 1. The lowest BCUT2D eigenvalue weighted by atomic mass is 10.1. The number of nitrogens with zero attached hydrogens (tertiary/aromatic N) is 1. The monoisotopic (exact) mass is 333 g/mol. The summed E-state index contributed by atoms with van der Waals surface area (Å²) in [4.78, 5) is 22.4. The molecule has 1 amide bonds. The van der Waals surface area contributed by atoms with Crippen LogP contribution in [0.5, 0.6) is 5.75 Å². The maximum Gasteiger partial charge on any atom is 0.270 e. The Kier molecular flexibility index (Phi) is 5.67. The molecule has 0 saturated carbocycles. The molecular weight excluding hydrogens is 317 g/mol. The van der Waals surface area contributed by atoms with Gasteiger partial charge in [-0.25, -0.2) is 4.39 Å². The molecule has 0 aliphatic heterocycles. The second kappa shape index (κ2) is 7.91. The molecule has 0 radical (unpaired) electrons. The molecule has 0 saturated heterocycles. The van der Waals surface area contributed by atoms with Crippen LogP contribution in [-0.2, 0) is 0 Å². The van der Waals surface area contributed by atoms with Gasteiger partial charge in [0.1, 0.15) is 6.61 Å². The molecule has 0 fully saturated rings. The summed E-state index contributed by atoms with van der Waals surface area (Å²) in [6.07, 6.45) is 0. The summed E-state index contributed by atoms with van der Waals surface area (Å²) < 4.78 is 18.6. The van der Waals surface area contributed by atoms with Gasteiger partial charge in [-0.15, -0.1) is 0 Å². The normalized spacial score (nSPS) is 10.1. The van der Waals surface area contributed by atoms with Crippen molar-refractivity contribution in [1.29, 1.82) is 0 Å². The summed E-state index contributed by atoms with van der Waals surface area (Å²) in [6, 6.07) is 9.91. The van der Waals surface area contributed by atoms with Gasteiger partial charge in [0.15, 0.2) is 11.6 Å². The fourth-order valence-corrected chi connectivity index (χ4v) is 2.03. The number of benzene rings is 2. The maximum atomic E-state index is 13.4. The molecule has 24 heavy (non-hydrogen) atoms. The van der Waals surface area contributed by atoms with Crippen molar-refractivity contribution in [2.45, 2.75) is 0 Å². The van der Waals surface area contributed by atoms with Crippen LogP contribution in [0.4, 0.5) is 15.8 Å². The molecule has 0 spiro atoms. The molecule has 0 unspecified atom stereocenters. The van der Waals surface area contributed by atoms with Gasteiger partial charge in [-0.05, 0) is 18.2 Å². The number of non-ortho nitro benzene ring substituents is 1. The number of hydrogen-bond donors (Lipinski definition) is 2. The third kappa shape index (κ3) is 4.19. The van der Waals surface area contributed by atoms with E-state index in [4.69, 9.17) is 4.74 Å². The Morgan fingerprint density at radius 1 is 1.29 bits per heavy atom. The third-order valence-electron chi connectivity index (χ3n) is 3.21. The van der Waals surface area contributed by atoms with Gasteiger partial charge in [0.05, 0.1) is 17.0 Å². The Bertz CT molecular complexity index is 752. The van der Waals surface area contributed by atoms with E-state index in [0.717, 1.165) is 0 Å². The Labute approximate surface area is 137 Å². The SMILES string of the molecule is CNc1ccc([N+](=O)[O-])cc1C(=O)NCCOc1ccccc1F. The second-order valence-electron chi connectivity index (χ2n) is 4.77. The highest BCUT2D eigenvalue weighted by Gasteiger charge is 2.16. The average Bonchev–Trinajstić information content (AvgIpc) is 2.59. The van der Waals surface area contributed by atoms with E-state index >= 15 is 0 Å². The van der Waals surface area contributed by atoms with E-state index in [9.17, 15) is 19.3 Å². The number of para-hydroxylation sites is 1. The first-order valence-electron chi connectivity index (χ1n) is 7.14. The molecule has 2 rings (SSSR count). The topological polar surface area (TPSA) is 93.5 Å². The van der Waals surface area contributed by atoms with Gasteiger partial charge in [-0.1, -0.05) is 12.1 Å². The number of rotatable bonds is 7. The minimum absolute atomic E-state index is 0.0660. The predicted molar refractivity (Wildman–Crippen MR) is 86.9 cm³/mol. The fraction of sp³-hybridized carbons (Fsp3) is 0.188. The molecule has 0 heterocycles. The van der Waals surface area contributed by atoms with Crippen molar-refractivity contribution in [1.82, 2.24) is 5.32 Å². The number of carbonyl (C=O) groups excluding carboxylic acids is 1. The molecule has 2 aromatic rings. The number of nitrogens with one attached hydrogen (secondary N) is 2. The van der Waals surface area contributed by atoms with Crippen molar-refractivity contribution in [3.05, 3.63) is 64.0 Å². The minimum atomic E-state index is -0.572. The highest BCUT2D eigenvalue weighted by atomic mass is 19.1. The highest BCUT2D eigenvalue weighted by molar-refractivity contribution is 6.00. The second-order valence-corrected chi connectivity index (χ2v) is 4.77. The summed E-state index contributed by atoms with van der Waals surface area (Å²) in [5.41, 5.74) is 0.437. The molecule has 0 aliphatic carbocycles. The zero-order chi connectivity index (χ0) is 17.5. The van der Waals surface area contributed by atoms with E-state index in [2.05, 4.69) is 10.6 Å². The lowest BCUT2D eigenvalue weighted by Gasteiger charge is -2.11. The lowest BCUT2D eigenvalue weighted by molar-refractivity contribution is -0.384. The van der Waals surface area contributed by atoms with E-state index in [-0.39, 0.29) is 30.2 Å². The van der Waals surface area contributed by atoms with Gasteiger partial charge < -0.3 is 15.4 Å². The predicted octanol–water partition coefficient (Wildman–Crippen LogP) is 2.58. The summed E-state index contributed by atoms with van der Waals surface area (Å²) in [7, 11) is 1.61. The number of anilines is 1. The Hall–Kier alpha value is -3.16. The number of amides is 1. The number of halogens is 1. The van der Waals surface area contributed by atoms with Gasteiger partial charge >= 0.3 is 0 Å². The van der Waals surface area contributed by atoms with Crippen LogP contribution >= 0.6 is 0 Å². The zero-order valence-electron chi connectivity index (χ0n) is 12.9. The van der Waals surface area contributed by atoms with Gasteiger partial charge in [-0.2, -0.15) is 0 Å². The van der Waals surface area contributed by atoms with Crippen LogP contribution in [0.3, 0.4) is 0 Å². The first kappa shape index (κ1) is 17.2. The van der Waals surface area contributed by atoms with Crippen LogP contribution in [0.1, 0.15) is 10.4 Å². The number of carbonyl (C=O) groups is 1. The van der Waals surface area contributed by atoms with Crippen LogP contribution in [-0.4, -0.2) is 31.0 Å². The van der Waals surface area contributed by atoms with E-state index < -0.39 is 16.6 Å². The van der Waals surface area contributed by atoms with Crippen LogP contribution in [0.15, 0.2) is 42.5 Å². The van der Waals surface area contributed by atoms with E-state index in [1.54, 1.807) is 19.2 Å². The van der Waals surface area contributed by atoms with Crippen molar-refractivity contribution in [3.63, 3.8) is 0 Å². The summed E-state index contributed by atoms with van der Waals surface area (Å²) >= 11 is 0. The van der Waals surface area contributed by atoms with Gasteiger partial charge in [0, 0.05) is 24.9 Å². The first-order valence-corrected chi connectivity index (χ1v) is 7.14. The standard InChI is InChI=1S/C16H16FN3O4/c1-18-14-7-6-11(20(22)23)10-12(14)16(21)19-8-9-24-15-5-3-2-4-13(15)17/h2-7,10,18H,8-9H2,1H3,(H,19,21). The van der Waals surface area contributed by atoms with Crippen LogP contribution in [0.2, 0.25) is 0 Å². The van der Waals surface area contributed by atoms with Crippen molar-refractivity contribution in [2.75, 3.05) is 25.5 Å². The molecular formula is C16H16FN3O4. The Balaban J connectivity index is 1.96. The molecule has 126 valence electrons. The van der Waals surface area contributed by atoms with Crippen molar-refractivity contribution in [3.8, 4) is 5.75 Å². The number of ether oxygens (including phenoxy) is 1. The van der Waals surface area contributed by atoms with Crippen LogP contribution < -0.4 is 15.4 Å². The smallest absolute Gasteiger partial charge is 0.270 e. The van der Waals surface area contributed by atoms with Crippen LogP contribution in [0.25, 0.3) is 0 Å². The van der Waals surface area contributed by atoms with Crippen LogP contribution in [0, 0.1) is 15.9 Å². The van der Waals surface area contributed by atoms with E-state index in [1.165, 1.54) is 30.3 Å². The molecule has 2 N–H and O–H groups in total. The zero-order valence-corrected chi connectivity index (χ0v) is 12.9. The van der Waals surface area contributed by atoms with Gasteiger partial charge in [-0.3, -0.25) is 14.9 Å². The average molecular weight is 333 g/mol. The first-order chi connectivity index (χ1) is 11.5. The van der Waals surface area contributed by atoms with Crippen molar-refractivity contribution < 1.29 is 18.8 Å². The minimum Gasteiger partial charge on any atom is -0.489 e. The molecule has 7 nitrogen and oxygen atoms in total. The third-order valence-corrected chi connectivity index (χ3v) is 3.21. The molecule has 0 bridgehead atoms. The number of hydrogen-bond acceptors (Lipinski definition) is 5. The Morgan fingerprint density at radius 3 is 2.71 bits per heavy atom. The molecule has 8 heteroatoms. The quantitative estimate of drug-likeness (QED) is 0.461. The summed E-state index contributed by atoms with van der Waals surface area (Å²) in [5.74, 6) is -0.877. The van der Waals surface area contributed by atoms with Crippen molar-refractivity contribution >= 4 is 17.3 Å². The summed E-state index contributed by atoms with van der Waals surface area (Å²) in [6.45, 7) is 0.190. The Morgan fingerprint density at radius 2 is 2.04 bits per heavy atom. The van der Waals surface area contributed by atoms with E-state index in [1.807, 2.05) is 0 Å². The van der Waals surface area contributed by atoms with E-state index in [0.29, 0.717) is 5.69 Å². The highest BCUT2D eigenvalue weighted by Crippen LogP contribution is 2.21. The molecule has 0 atom stereocenters. The van der Waals surface area contributed by atoms with Gasteiger partial charge in [0.2, 0.25) is 0 Å². The van der Waals surface area contributed by atoms with Crippen molar-refractivity contribution in [2.24, 2.45) is 0 Å². The number of nitro benzene ring substituents is 1. The largest absolute Gasteiger partial charge is 0.489 e. The summed E-state index contributed by atoms with van der Waals surface area (Å²) in [5, 5.41) is 16.2. The molecule has 0 aromatic heterocycles.